The predicted octanol–water partition coefficient (Wildman–Crippen LogP) is 3.27. The minimum atomic E-state index is -1.57. The lowest BCUT2D eigenvalue weighted by atomic mass is 9.76. The fourth-order valence-corrected chi connectivity index (χ4v) is 3.06. The summed E-state index contributed by atoms with van der Waals surface area (Å²) in [5.41, 5.74) is 1.00. The van der Waals surface area contributed by atoms with Crippen LogP contribution in [0.3, 0.4) is 0 Å². The number of carboxylic acid groups (broad SMARTS) is 2. The Hall–Kier alpha value is -2.17. The molecular weight excluding hydrogens is 308 g/mol. The van der Waals surface area contributed by atoms with Crippen LogP contribution in [0.15, 0.2) is 30.3 Å². The standard InChI is InChI=1S/C19H26O5/c1-12(2)9-15(20)11-16(17(18(21)22)19(23)24)13(3)10-14-7-5-4-6-8-14/h4-8,12-13,16-17H,9-11H2,1-3H3,(H,21,22)(H,23,24). The molecule has 24 heavy (non-hydrogen) atoms. The van der Waals surface area contributed by atoms with Gasteiger partial charge in [0.05, 0.1) is 0 Å². The van der Waals surface area contributed by atoms with Gasteiger partial charge >= 0.3 is 11.9 Å². The van der Waals surface area contributed by atoms with Crippen LogP contribution in [-0.4, -0.2) is 27.9 Å². The van der Waals surface area contributed by atoms with Crippen LogP contribution in [0.4, 0.5) is 0 Å². The Kier molecular flexibility index (Phi) is 7.62. The van der Waals surface area contributed by atoms with E-state index in [0.29, 0.717) is 12.8 Å². The molecule has 0 heterocycles. The van der Waals surface area contributed by atoms with Crippen molar-refractivity contribution in [2.24, 2.45) is 23.7 Å². The zero-order valence-electron chi connectivity index (χ0n) is 14.4. The molecule has 0 amide bonds. The molecule has 0 aliphatic heterocycles. The van der Waals surface area contributed by atoms with Gasteiger partial charge in [-0.3, -0.25) is 14.4 Å². The average Bonchev–Trinajstić information content (AvgIpc) is 2.45. The van der Waals surface area contributed by atoms with E-state index < -0.39 is 23.8 Å². The van der Waals surface area contributed by atoms with Crippen LogP contribution >= 0.6 is 0 Å². The summed E-state index contributed by atoms with van der Waals surface area (Å²) in [6.45, 7) is 5.64. The summed E-state index contributed by atoms with van der Waals surface area (Å²) in [6, 6.07) is 9.48. The van der Waals surface area contributed by atoms with Gasteiger partial charge < -0.3 is 10.2 Å². The van der Waals surface area contributed by atoms with Gasteiger partial charge in [0.1, 0.15) is 5.78 Å². The van der Waals surface area contributed by atoms with Crippen molar-refractivity contribution in [2.75, 3.05) is 0 Å². The van der Waals surface area contributed by atoms with Gasteiger partial charge in [-0.25, -0.2) is 0 Å². The molecule has 0 aromatic heterocycles. The lowest BCUT2D eigenvalue weighted by Gasteiger charge is -2.27. The summed E-state index contributed by atoms with van der Waals surface area (Å²) in [5, 5.41) is 18.7. The number of benzene rings is 1. The highest BCUT2D eigenvalue weighted by atomic mass is 16.4. The number of ketones is 1. The molecule has 2 atom stereocenters. The first-order valence-electron chi connectivity index (χ1n) is 8.23. The van der Waals surface area contributed by atoms with E-state index in [1.807, 2.05) is 51.1 Å². The number of hydrogen-bond donors (Lipinski definition) is 2. The molecule has 1 aromatic rings. The van der Waals surface area contributed by atoms with Gasteiger partial charge in [0.25, 0.3) is 0 Å². The van der Waals surface area contributed by atoms with E-state index in [-0.39, 0.29) is 24.0 Å². The van der Waals surface area contributed by atoms with Gasteiger partial charge in [0, 0.05) is 12.8 Å². The van der Waals surface area contributed by atoms with Crippen LogP contribution in [0.1, 0.15) is 39.2 Å². The first-order chi connectivity index (χ1) is 11.2. The molecule has 0 aliphatic carbocycles. The summed E-state index contributed by atoms with van der Waals surface area (Å²) in [4.78, 5) is 35.1. The molecule has 0 aliphatic rings. The molecule has 132 valence electrons. The number of carbonyl (C=O) groups is 3. The van der Waals surface area contributed by atoms with Gasteiger partial charge in [-0.05, 0) is 29.7 Å². The normalized spacial score (nSPS) is 13.7. The second kappa shape index (κ2) is 9.21. The van der Waals surface area contributed by atoms with Crippen LogP contribution < -0.4 is 0 Å². The molecule has 0 saturated heterocycles. The second-order valence-corrected chi connectivity index (χ2v) is 6.83. The number of hydrogen-bond acceptors (Lipinski definition) is 3. The molecule has 5 nitrogen and oxygen atoms in total. The molecule has 2 N–H and O–H groups in total. The van der Waals surface area contributed by atoms with Gasteiger partial charge in [-0.1, -0.05) is 51.1 Å². The molecule has 2 unspecified atom stereocenters. The SMILES string of the molecule is CC(C)CC(=O)CC(C(C)Cc1ccccc1)C(C(=O)O)C(=O)O. The summed E-state index contributed by atoms with van der Waals surface area (Å²) in [6.07, 6.45) is 0.855. The molecule has 5 heteroatoms. The molecule has 1 aromatic carbocycles. The number of rotatable bonds is 10. The van der Waals surface area contributed by atoms with Crippen molar-refractivity contribution < 1.29 is 24.6 Å². The largest absolute Gasteiger partial charge is 0.481 e. The highest BCUT2D eigenvalue weighted by Gasteiger charge is 2.39. The molecule has 0 radical (unpaired) electrons. The summed E-state index contributed by atoms with van der Waals surface area (Å²) < 4.78 is 0. The second-order valence-electron chi connectivity index (χ2n) is 6.83. The molecule has 0 bridgehead atoms. The smallest absolute Gasteiger partial charge is 0.318 e. The van der Waals surface area contributed by atoms with Gasteiger partial charge in [0.2, 0.25) is 0 Å². The Bertz CT molecular complexity index is 550. The van der Waals surface area contributed by atoms with Crippen LogP contribution in [0, 0.1) is 23.7 Å². The number of carbonyl (C=O) groups excluding carboxylic acids is 1. The lowest BCUT2D eigenvalue weighted by Crippen LogP contribution is -2.37. The van der Waals surface area contributed by atoms with Crippen LogP contribution in [0.2, 0.25) is 0 Å². The highest BCUT2D eigenvalue weighted by Crippen LogP contribution is 2.29. The fourth-order valence-electron chi connectivity index (χ4n) is 3.06. The van der Waals surface area contributed by atoms with Crippen molar-refractivity contribution in [3.05, 3.63) is 35.9 Å². The third-order valence-electron chi connectivity index (χ3n) is 4.19. The summed E-state index contributed by atoms with van der Waals surface area (Å²) in [7, 11) is 0. The van der Waals surface area contributed by atoms with Crippen LogP contribution in [-0.2, 0) is 20.8 Å². The Morgan fingerprint density at radius 3 is 1.92 bits per heavy atom. The topological polar surface area (TPSA) is 91.7 Å². The van der Waals surface area contributed by atoms with E-state index in [9.17, 15) is 24.6 Å². The molecular formula is C19H26O5. The quantitative estimate of drug-likeness (QED) is 0.641. The van der Waals surface area contributed by atoms with Crippen LogP contribution in [0.5, 0.6) is 0 Å². The van der Waals surface area contributed by atoms with E-state index in [1.54, 1.807) is 0 Å². The van der Waals surface area contributed by atoms with Gasteiger partial charge in [-0.15, -0.1) is 0 Å². The Balaban J connectivity index is 2.99. The molecule has 1 rings (SSSR count). The van der Waals surface area contributed by atoms with E-state index in [2.05, 4.69) is 0 Å². The van der Waals surface area contributed by atoms with E-state index >= 15 is 0 Å². The van der Waals surface area contributed by atoms with Crippen molar-refractivity contribution in [3.8, 4) is 0 Å². The Morgan fingerprint density at radius 1 is 0.917 bits per heavy atom. The van der Waals surface area contributed by atoms with Crippen molar-refractivity contribution in [1.29, 1.82) is 0 Å². The Labute approximate surface area is 142 Å². The maximum Gasteiger partial charge on any atom is 0.318 e. The minimum absolute atomic E-state index is 0.0184. The first-order valence-corrected chi connectivity index (χ1v) is 8.23. The number of Topliss-reactive ketones (excluding diaryl/α,β-unsaturated/α-hetero) is 1. The fraction of sp³-hybridized carbons (Fsp3) is 0.526. The van der Waals surface area contributed by atoms with E-state index in [0.717, 1.165) is 5.56 Å². The highest BCUT2D eigenvalue weighted by molar-refractivity contribution is 5.94. The van der Waals surface area contributed by atoms with Gasteiger partial charge in [-0.2, -0.15) is 0 Å². The van der Waals surface area contributed by atoms with Crippen molar-refractivity contribution >= 4 is 17.7 Å². The lowest BCUT2D eigenvalue weighted by molar-refractivity contribution is -0.158. The van der Waals surface area contributed by atoms with E-state index in [4.69, 9.17) is 0 Å². The predicted molar refractivity (Wildman–Crippen MR) is 90.6 cm³/mol. The third kappa shape index (κ3) is 6.14. The number of carboxylic acids is 2. The molecule has 0 spiro atoms. The first kappa shape index (κ1) is 19.9. The summed E-state index contributed by atoms with van der Waals surface area (Å²) in [5.74, 6) is -5.22. The zero-order valence-corrected chi connectivity index (χ0v) is 14.4. The van der Waals surface area contributed by atoms with Crippen molar-refractivity contribution in [3.63, 3.8) is 0 Å². The molecule has 0 saturated carbocycles. The van der Waals surface area contributed by atoms with E-state index in [1.165, 1.54) is 0 Å². The monoisotopic (exact) mass is 334 g/mol. The third-order valence-corrected chi connectivity index (χ3v) is 4.19. The number of aliphatic carboxylic acids is 2. The zero-order chi connectivity index (χ0) is 18.3. The maximum absolute atomic E-state index is 12.2. The average molecular weight is 334 g/mol. The van der Waals surface area contributed by atoms with Crippen molar-refractivity contribution in [2.45, 2.75) is 40.0 Å². The minimum Gasteiger partial charge on any atom is -0.481 e. The van der Waals surface area contributed by atoms with Crippen molar-refractivity contribution in [1.82, 2.24) is 0 Å². The van der Waals surface area contributed by atoms with Gasteiger partial charge in [0.15, 0.2) is 5.92 Å². The maximum atomic E-state index is 12.2. The Morgan fingerprint density at radius 2 is 1.46 bits per heavy atom. The van der Waals surface area contributed by atoms with Crippen LogP contribution in [0.25, 0.3) is 0 Å². The summed E-state index contributed by atoms with van der Waals surface area (Å²) >= 11 is 0. The molecule has 0 fully saturated rings.